The van der Waals surface area contributed by atoms with Crippen LogP contribution in [-0.2, 0) is 11.0 Å². The summed E-state index contributed by atoms with van der Waals surface area (Å²) in [6.45, 7) is 3.68. The highest BCUT2D eigenvalue weighted by molar-refractivity contribution is 6.32. The largest absolute Gasteiger partial charge is 0.493 e. The number of anilines is 2. The van der Waals surface area contributed by atoms with Gasteiger partial charge in [0.05, 0.1) is 29.5 Å². The van der Waals surface area contributed by atoms with Crippen LogP contribution in [0.2, 0.25) is 5.02 Å². The van der Waals surface area contributed by atoms with Crippen LogP contribution in [0, 0.1) is 0 Å². The number of amides is 1. The van der Waals surface area contributed by atoms with E-state index in [0.717, 1.165) is 12.1 Å². The molecule has 0 unspecified atom stereocenters. The quantitative estimate of drug-likeness (QED) is 0.529. The molecule has 2 aromatic rings. The Morgan fingerprint density at radius 1 is 1.19 bits per heavy atom. The van der Waals surface area contributed by atoms with Crippen molar-refractivity contribution in [1.29, 1.82) is 0 Å². The number of ether oxygens (including phenoxy) is 2. The van der Waals surface area contributed by atoms with Crippen molar-refractivity contribution in [3.8, 4) is 11.5 Å². The van der Waals surface area contributed by atoms with Gasteiger partial charge in [-0.25, -0.2) is 0 Å². The number of halogens is 4. The minimum atomic E-state index is -4.62. The lowest BCUT2D eigenvalue weighted by Gasteiger charge is -2.18. The first-order chi connectivity index (χ1) is 14.4. The Kier molecular flexibility index (Phi) is 7.84. The first-order valence-corrected chi connectivity index (χ1v) is 9.72. The van der Waals surface area contributed by atoms with Crippen molar-refractivity contribution in [3.63, 3.8) is 0 Å². The van der Waals surface area contributed by atoms with E-state index in [2.05, 4.69) is 5.32 Å². The predicted molar refractivity (Wildman–Crippen MR) is 117 cm³/mol. The van der Waals surface area contributed by atoms with Crippen molar-refractivity contribution in [2.45, 2.75) is 26.1 Å². The second-order valence-corrected chi connectivity index (χ2v) is 7.55. The molecule has 1 amide bonds. The fourth-order valence-corrected chi connectivity index (χ4v) is 2.95. The first-order valence-electron chi connectivity index (χ1n) is 9.34. The summed E-state index contributed by atoms with van der Waals surface area (Å²) in [6, 6.07) is 6.88. The van der Waals surface area contributed by atoms with Crippen molar-refractivity contribution >= 4 is 35.0 Å². The van der Waals surface area contributed by atoms with Crippen molar-refractivity contribution in [3.05, 3.63) is 52.6 Å². The molecule has 0 heterocycles. The van der Waals surface area contributed by atoms with Crippen LogP contribution >= 0.6 is 11.6 Å². The zero-order valence-corrected chi connectivity index (χ0v) is 18.6. The van der Waals surface area contributed by atoms with Crippen LogP contribution in [0.5, 0.6) is 11.5 Å². The van der Waals surface area contributed by atoms with Crippen molar-refractivity contribution in [2.24, 2.45) is 0 Å². The maximum absolute atomic E-state index is 13.4. The molecule has 0 aliphatic rings. The first kappa shape index (κ1) is 24.4. The highest BCUT2D eigenvalue weighted by atomic mass is 35.5. The van der Waals surface area contributed by atoms with E-state index in [0.29, 0.717) is 22.7 Å². The SMILES string of the molecule is COc1cc(/C=C/C(=O)Nc2ccc(N(C)C)cc2C(F)(F)F)cc(Cl)c1OC(C)C. The Hall–Kier alpha value is -2.87. The highest BCUT2D eigenvalue weighted by Gasteiger charge is 2.34. The number of rotatable bonds is 7. The molecule has 0 saturated heterocycles. The summed E-state index contributed by atoms with van der Waals surface area (Å²) in [4.78, 5) is 13.8. The van der Waals surface area contributed by atoms with Gasteiger partial charge in [-0.1, -0.05) is 11.6 Å². The van der Waals surface area contributed by atoms with Crippen molar-refractivity contribution < 1.29 is 27.4 Å². The van der Waals surface area contributed by atoms with E-state index >= 15 is 0 Å². The summed E-state index contributed by atoms with van der Waals surface area (Å²) < 4.78 is 51.2. The molecule has 0 saturated carbocycles. The average molecular weight is 457 g/mol. The molecular formula is C22H24ClF3N2O3. The molecule has 9 heteroatoms. The lowest BCUT2D eigenvalue weighted by Crippen LogP contribution is -2.16. The molecule has 2 rings (SSSR count). The maximum Gasteiger partial charge on any atom is 0.418 e. The van der Waals surface area contributed by atoms with Gasteiger partial charge in [0.1, 0.15) is 0 Å². The van der Waals surface area contributed by atoms with Gasteiger partial charge in [0.25, 0.3) is 0 Å². The van der Waals surface area contributed by atoms with Gasteiger partial charge in [-0.15, -0.1) is 0 Å². The molecule has 2 aromatic carbocycles. The number of hydrogen-bond acceptors (Lipinski definition) is 4. The van der Waals surface area contributed by atoms with Crippen LogP contribution in [0.4, 0.5) is 24.5 Å². The summed E-state index contributed by atoms with van der Waals surface area (Å²) in [5.74, 6) is 0.0251. The molecule has 0 atom stereocenters. The molecule has 0 spiro atoms. The van der Waals surface area contributed by atoms with Crippen LogP contribution in [-0.4, -0.2) is 33.2 Å². The zero-order valence-electron chi connectivity index (χ0n) is 17.8. The van der Waals surface area contributed by atoms with Crippen LogP contribution < -0.4 is 19.7 Å². The van der Waals surface area contributed by atoms with E-state index in [1.807, 2.05) is 13.8 Å². The molecule has 0 aromatic heterocycles. The summed E-state index contributed by atoms with van der Waals surface area (Å²) in [5, 5.41) is 2.56. The van der Waals surface area contributed by atoms with Gasteiger partial charge in [-0.3, -0.25) is 4.79 Å². The van der Waals surface area contributed by atoms with Gasteiger partial charge in [0.2, 0.25) is 5.91 Å². The Morgan fingerprint density at radius 2 is 1.87 bits per heavy atom. The van der Waals surface area contributed by atoms with Gasteiger partial charge in [-0.2, -0.15) is 13.2 Å². The van der Waals surface area contributed by atoms with Gasteiger partial charge >= 0.3 is 6.18 Å². The number of benzene rings is 2. The summed E-state index contributed by atoms with van der Waals surface area (Å²) >= 11 is 6.25. The molecule has 0 aliphatic heterocycles. The molecule has 1 N–H and O–H groups in total. The number of carbonyl (C=O) groups is 1. The van der Waals surface area contributed by atoms with Gasteiger partial charge in [0, 0.05) is 25.9 Å². The Balaban J connectivity index is 2.26. The fourth-order valence-electron chi connectivity index (χ4n) is 2.69. The molecule has 0 radical (unpaired) electrons. The van der Waals surface area contributed by atoms with Gasteiger partial charge in [-0.05, 0) is 55.8 Å². The smallest absolute Gasteiger partial charge is 0.418 e. The fraction of sp³-hybridized carbons (Fsp3) is 0.318. The van der Waals surface area contributed by atoms with E-state index in [4.69, 9.17) is 21.1 Å². The summed E-state index contributed by atoms with van der Waals surface area (Å²) in [6.07, 6.45) is -2.20. The third kappa shape index (κ3) is 6.55. The Labute approximate surface area is 184 Å². The molecule has 31 heavy (non-hydrogen) atoms. The topological polar surface area (TPSA) is 50.8 Å². The average Bonchev–Trinajstić information content (AvgIpc) is 2.67. The normalized spacial score (nSPS) is 11.7. The van der Waals surface area contributed by atoms with Crippen LogP contribution in [0.3, 0.4) is 0 Å². The lowest BCUT2D eigenvalue weighted by molar-refractivity contribution is -0.136. The minimum Gasteiger partial charge on any atom is -0.493 e. The maximum atomic E-state index is 13.4. The second-order valence-electron chi connectivity index (χ2n) is 7.15. The molecule has 0 fully saturated rings. The van der Waals surface area contributed by atoms with Gasteiger partial charge in [0.15, 0.2) is 11.5 Å². The van der Waals surface area contributed by atoms with Crippen molar-refractivity contribution in [1.82, 2.24) is 0 Å². The summed E-state index contributed by atoms with van der Waals surface area (Å²) in [7, 11) is 4.72. The number of hydrogen-bond donors (Lipinski definition) is 1. The van der Waals surface area contributed by atoms with Gasteiger partial charge < -0.3 is 19.7 Å². The summed E-state index contributed by atoms with van der Waals surface area (Å²) in [5.41, 5.74) is -0.372. The molecule has 168 valence electrons. The second kappa shape index (κ2) is 9.96. The molecular weight excluding hydrogens is 433 g/mol. The number of nitrogens with zero attached hydrogens (tertiary/aromatic N) is 1. The lowest BCUT2D eigenvalue weighted by atomic mass is 10.1. The monoisotopic (exact) mass is 456 g/mol. The Bertz CT molecular complexity index is 973. The number of nitrogens with one attached hydrogen (secondary N) is 1. The van der Waals surface area contributed by atoms with E-state index in [1.165, 1.54) is 25.3 Å². The van der Waals surface area contributed by atoms with E-state index in [-0.39, 0.29) is 16.8 Å². The van der Waals surface area contributed by atoms with Crippen molar-refractivity contribution in [2.75, 3.05) is 31.4 Å². The number of methoxy groups -OCH3 is 1. The van der Waals surface area contributed by atoms with Crippen LogP contribution in [0.1, 0.15) is 25.0 Å². The van der Waals surface area contributed by atoms with E-state index in [9.17, 15) is 18.0 Å². The minimum absolute atomic E-state index is 0.125. The zero-order chi connectivity index (χ0) is 23.3. The van der Waals surface area contributed by atoms with Crippen LogP contribution in [0.25, 0.3) is 6.08 Å². The van der Waals surface area contributed by atoms with Crippen LogP contribution in [0.15, 0.2) is 36.4 Å². The molecule has 0 aliphatic carbocycles. The highest BCUT2D eigenvalue weighted by Crippen LogP contribution is 2.38. The van der Waals surface area contributed by atoms with E-state index in [1.54, 1.807) is 31.1 Å². The number of alkyl halides is 3. The third-order valence-electron chi connectivity index (χ3n) is 4.12. The molecule has 0 bridgehead atoms. The Morgan fingerprint density at radius 3 is 2.42 bits per heavy atom. The molecule has 5 nitrogen and oxygen atoms in total. The number of carbonyl (C=O) groups excluding carboxylic acids is 1. The van der Waals surface area contributed by atoms with E-state index < -0.39 is 17.6 Å². The predicted octanol–water partition coefficient (Wildman–Crippen LogP) is 5.87. The third-order valence-corrected chi connectivity index (χ3v) is 4.40. The standard InChI is InChI=1S/C22H24ClF3N2O3/c1-13(2)31-21-17(23)10-14(11-19(21)30-5)6-9-20(29)27-18-8-7-15(28(3)4)12-16(18)22(24,25)26/h6-13H,1-5H3,(H,27,29)/b9-6+.